The van der Waals surface area contributed by atoms with Gasteiger partial charge in [-0.15, -0.1) is 0 Å². The molecule has 1 rings (SSSR count). The van der Waals surface area contributed by atoms with Crippen molar-refractivity contribution in [2.24, 2.45) is 5.73 Å². The molecule has 1 unspecified atom stereocenters. The molecule has 0 aliphatic heterocycles. The van der Waals surface area contributed by atoms with Crippen molar-refractivity contribution >= 4 is 0 Å². The number of hydrogen-bond acceptors (Lipinski definition) is 2. The Morgan fingerprint density at radius 3 is 2.40 bits per heavy atom. The largest absolute Gasteiger partial charge is 0.496 e. The van der Waals surface area contributed by atoms with Crippen molar-refractivity contribution in [2.45, 2.75) is 39.2 Å². The van der Waals surface area contributed by atoms with Crippen molar-refractivity contribution < 1.29 is 4.74 Å². The Hall–Kier alpha value is -1.02. The Balaban J connectivity index is 2.97. The van der Waals surface area contributed by atoms with Crippen LogP contribution in [0.1, 0.15) is 37.8 Å². The van der Waals surface area contributed by atoms with Crippen LogP contribution in [0.4, 0.5) is 0 Å². The van der Waals surface area contributed by atoms with Crippen LogP contribution in [0.25, 0.3) is 0 Å². The summed E-state index contributed by atoms with van der Waals surface area (Å²) in [4.78, 5) is 0. The van der Waals surface area contributed by atoms with Crippen LogP contribution in [0.3, 0.4) is 0 Å². The summed E-state index contributed by atoms with van der Waals surface area (Å²) < 4.78 is 5.39. The Morgan fingerprint density at radius 2 is 1.93 bits per heavy atom. The topological polar surface area (TPSA) is 35.2 Å². The number of hydrogen-bond donors (Lipinski definition) is 1. The molecule has 0 spiro atoms. The van der Waals surface area contributed by atoms with Crippen molar-refractivity contribution in [3.05, 3.63) is 29.3 Å². The zero-order valence-electron chi connectivity index (χ0n) is 10.1. The Morgan fingerprint density at radius 1 is 1.27 bits per heavy atom. The van der Waals surface area contributed by atoms with Gasteiger partial charge in [0.05, 0.1) is 7.11 Å². The summed E-state index contributed by atoms with van der Waals surface area (Å²) in [6.45, 7) is 6.36. The van der Waals surface area contributed by atoms with E-state index in [2.05, 4.69) is 32.0 Å². The maximum absolute atomic E-state index is 5.77. The van der Waals surface area contributed by atoms with E-state index in [-0.39, 0.29) is 6.04 Å². The predicted octanol–water partition coefficient (Wildman–Crippen LogP) is 2.71. The maximum Gasteiger partial charge on any atom is 0.122 e. The van der Waals surface area contributed by atoms with E-state index in [0.717, 1.165) is 12.2 Å². The Bertz CT molecular complexity index is 318. The molecule has 2 N–H and O–H groups in total. The number of benzene rings is 1. The second-order valence-electron chi connectivity index (χ2n) is 4.41. The van der Waals surface area contributed by atoms with Gasteiger partial charge < -0.3 is 10.5 Å². The number of methoxy groups -OCH3 is 1. The summed E-state index contributed by atoms with van der Waals surface area (Å²) in [5.41, 5.74) is 8.27. The molecule has 0 fully saturated rings. The highest BCUT2D eigenvalue weighted by molar-refractivity contribution is 5.39. The fourth-order valence-electron chi connectivity index (χ4n) is 1.73. The molecule has 2 nitrogen and oxygen atoms in total. The van der Waals surface area contributed by atoms with Crippen LogP contribution in [-0.4, -0.2) is 13.2 Å². The second-order valence-corrected chi connectivity index (χ2v) is 4.41. The van der Waals surface area contributed by atoms with Gasteiger partial charge in [0.15, 0.2) is 0 Å². The number of nitrogens with two attached hydrogens (primary N) is 1. The van der Waals surface area contributed by atoms with Crippen LogP contribution < -0.4 is 10.5 Å². The predicted molar refractivity (Wildman–Crippen MR) is 64.4 cm³/mol. The number of ether oxygens (including phenoxy) is 1. The van der Waals surface area contributed by atoms with Gasteiger partial charge in [0, 0.05) is 6.04 Å². The van der Waals surface area contributed by atoms with Crippen LogP contribution in [0.2, 0.25) is 0 Å². The average Bonchev–Trinajstić information content (AvgIpc) is 2.16. The molecule has 0 saturated carbocycles. The van der Waals surface area contributed by atoms with Crippen molar-refractivity contribution in [2.75, 3.05) is 7.11 Å². The highest BCUT2D eigenvalue weighted by Crippen LogP contribution is 2.27. The molecule has 0 aliphatic carbocycles. The number of rotatable bonds is 4. The monoisotopic (exact) mass is 207 g/mol. The summed E-state index contributed by atoms with van der Waals surface area (Å²) in [6, 6.07) is 6.57. The van der Waals surface area contributed by atoms with E-state index in [4.69, 9.17) is 10.5 Å². The normalized spacial score (nSPS) is 12.9. The molecule has 15 heavy (non-hydrogen) atoms. The van der Waals surface area contributed by atoms with Gasteiger partial charge in [-0.3, -0.25) is 0 Å². The lowest BCUT2D eigenvalue weighted by Crippen LogP contribution is -2.17. The highest BCUT2D eigenvalue weighted by Gasteiger charge is 2.08. The Kier molecular flexibility index (Phi) is 4.15. The van der Waals surface area contributed by atoms with E-state index >= 15 is 0 Å². The first-order chi connectivity index (χ1) is 7.04. The van der Waals surface area contributed by atoms with Crippen LogP contribution in [0, 0.1) is 0 Å². The molecule has 1 aromatic rings. The van der Waals surface area contributed by atoms with E-state index < -0.39 is 0 Å². The van der Waals surface area contributed by atoms with Crippen molar-refractivity contribution in [3.8, 4) is 5.75 Å². The molecule has 0 radical (unpaired) electrons. The first-order valence-electron chi connectivity index (χ1n) is 5.47. The van der Waals surface area contributed by atoms with Crippen molar-refractivity contribution in [3.63, 3.8) is 0 Å². The van der Waals surface area contributed by atoms with Crippen LogP contribution in [0.15, 0.2) is 18.2 Å². The summed E-state index contributed by atoms with van der Waals surface area (Å²) >= 11 is 0. The van der Waals surface area contributed by atoms with E-state index in [1.54, 1.807) is 7.11 Å². The quantitative estimate of drug-likeness (QED) is 0.824. The molecular weight excluding hydrogens is 186 g/mol. The van der Waals surface area contributed by atoms with Gasteiger partial charge in [0.1, 0.15) is 5.75 Å². The van der Waals surface area contributed by atoms with E-state index in [0.29, 0.717) is 5.92 Å². The highest BCUT2D eigenvalue weighted by atomic mass is 16.5. The van der Waals surface area contributed by atoms with E-state index in [1.807, 2.05) is 6.92 Å². The first-order valence-corrected chi connectivity index (χ1v) is 5.47. The Labute approximate surface area is 92.4 Å². The van der Waals surface area contributed by atoms with Gasteiger partial charge in [-0.05, 0) is 36.5 Å². The molecule has 0 bridgehead atoms. The molecule has 0 saturated heterocycles. The summed E-state index contributed by atoms with van der Waals surface area (Å²) in [5.74, 6) is 1.47. The smallest absolute Gasteiger partial charge is 0.122 e. The van der Waals surface area contributed by atoms with Gasteiger partial charge >= 0.3 is 0 Å². The molecule has 0 aliphatic rings. The molecule has 0 heterocycles. The SMILES string of the molecule is COc1cc(CC(C)N)ccc1C(C)C. The van der Waals surface area contributed by atoms with Crippen LogP contribution >= 0.6 is 0 Å². The summed E-state index contributed by atoms with van der Waals surface area (Å²) in [7, 11) is 1.72. The average molecular weight is 207 g/mol. The molecule has 1 atom stereocenters. The molecule has 84 valence electrons. The summed E-state index contributed by atoms with van der Waals surface area (Å²) in [6.07, 6.45) is 0.898. The first kappa shape index (κ1) is 12.1. The van der Waals surface area contributed by atoms with Gasteiger partial charge in [-0.25, -0.2) is 0 Å². The zero-order chi connectivity index (χ0) is 11.4. The fourth-order valence-corrected chi connectivity index (χ4v) is 1.73. The van der Waals surface area contributed by atoms with Gasteiger partial charge in [-0.1, -0.05) is 26.0 Å². The van der Waals surface area contributed by atoms with E-state index in [1.165, 1.54) is 11.1 Å². The summed E-state index contributed by atoms with van der Waals surface area (Å²) in [5, 5.41) is 0. The molecule has 2 heteroatoms. The third kappa shape index (κ3) is 3.24. The standard InChI is InChI=1S/C13H21NO/c1-9(2)12-6-5-11(7-10(3)14)8-13(12)15-4/h5-6,8-10H,7,14H2,1-4H3. The molecule has 1 aromatic carbocycles. The minimum atomic E-state index is 0.194. The lowest BCUT2D eigenvalue weighted by Gasteiger charge is -2.14. The maximum atomic E-state index is 5.77. The van der Waals surface area contributed by atoms with Crippen molar-refractivity contribution in [1.29, 1.82) is 0 Å². The third-order valence-corrected chi connectivity index (χ3v) is 2.48. The minimum Gasteiger partial charge on any atom is -0.496 e. The van der Waals surface area contributed by atoms with E-state index in [9.17, 15) is 0 Å². The van der Waals surface area contributed by atoms with Gasteiger partial charge in [0.2, 0.25) is 0 Å². The molecular formula is C13H21NO. The van der Waals surface area contributed by atoms with Crippen molar-refractivity contribution in [1.82, 2.24) is 0 Å². The second kappa shape index (κ2) is 5.17. The molecule has 0 aromatic heterocycles. The third-order valence-electron chi connectivity index (χ3n) is 2.48. The minimum absolute atomic E-state index is 0.194. The molecule has 0 amide bonds. The lowest BCUT2D eigenvalue weighted by atomic mass is 9.98. The lowest BCUT2D eigenvalue weighted by molar-refractivity contribution is 0.407. The van der Waals surface area contributed by atoms with Gasteiger partial charge in [0.25, 0.3) is 0 Å². The van der Waals surface area contributed by atoms with Crippen LogP contribution in [0.5, 0.6) is 5.75 Å². The van der Waals surface area contributed by atoms with Gasteiger partial charge in [-0.2, -0.15) is 0 Å². The zero-order valence-corrected chi connectivity index (χ0v) is 10.1. The fraction of sp³-hybridized carbons (Fsp3) is 0.538. The van der Waals surface area contributed by atoms with Crippen LogP contribution in [-0.2, 0) is 6.42 Å².